The summed E-state index contributed by atoms with van der Waals surface area (Å²) in [7, 11) is 0. The van der Waals surface area contributed by atoms with Crippen molar-refractivity contribution in [1.29, 1.82) is 0 Å². The van der Waals surface area contributed by atoms with Crippen molar-refractivity contribution >= 4 is 5.97 Å². The molecule has 1 fully saturated rings. The maximum atomic E-state index is 11.9. The highest BCUT2D eigenvalue weighted by Crippen LogP contribution is 2.36. The fraction of sp³-hybridized carbons (Fsp3) is 0.429. The van der Waals surface area contributed by atoms with Crippen LogP contribution in [0.5, 0.6) is 0 Å². The van der Waals surface area contributed by atoms with Crippen molar-refractivity contribution in [2.45, 2.75) is 52.1 Å². The summed E-state index contributed by atoms with van der Waals surface area (Å²) >= 11 is 0. The predicted molar refractivity (Wildman–Crippen MR) is 98.7 cm³/mol. The van der Waals surface area contributed by atoms with Gasteiger partial charge in [-0.05, 0) is 62.9 Å². The Morgan fingerprint density at radius 2 is 1.92 bits per heavy atom. The minimum Gasteiger partial charge on any atom is -0.480 e. The van der Waals surface area contributed by atoms with E-state index in [1.54, 1.807) is 6.20 Å². The largest absolute Gasteiger partial charge is 0.480 e. The monoisotopic (exact) mass is 338 g/mol. The summed E-state index contributed by atoms with van der Waals surface area (Å²) in [5, 5.41) is 9.78. The van der Waals surface area contributed by atoms with Gasteiger partial charge in [-0.3, -0.25) is 14.7 Å². The standard InChI is InChI=1S/C21H26N2O2/c1-14-10-15(2)12-17(11-14)20(18-7-8-22-13-16(18)3)23-9-5-4-6-19(23)21(24)25/h7-8,10-13,19-20H,4-6,9H2,1-3H3,(H,24,25). The Morgan fingerprint density at radius 3 is 2.56 bits per heavy atom. The molecule has 25 heavy (non-hydrogen) atoms. The lowest BCUT2D eigenvalue weighted by molar-refractivity contribution is -0.145. The highest BCUT2D eigenvalue weighted by Gasteiger charge is 2.35. The van der Waals surface area contributed by atoms with Gasteiger partial charge in [-0.1, -0.05) is 35.7 Å². The molecule has 0 aliphatic carbocycles. The molecule has 1 aromatic heterocycles. The van der Waals surface area contributed by atoms with E-state index in [9.17, 15) is 9.90 Å². The number of rotatable bonds is 4. The van der Waals surface area contributed by atoms with Crippen molar-refractivity contribution in [2.24, 2.45) is 0 Å². The zero-order valence-electron chi connectivity index (χ0n) is 15.2. The van der Waals surface area contributed by atoms with E-state index in [0.29, 0.717) is 6.42 Å². The molecule has 2 unspecified atom stereocenters. The van der Waals surface area contributed by atoms with Crippen LogP contribution in [0.3, 0.4) is 0 Å². The van der Waals surface area contributed by atoms with Crippen molar-refractivity contribution in [3.05, 3.63) is 64.5 Å². The van der Waals surface area contributed by atoms with E-state index >= 15 is 0 Å². The van der Waals surface area contributed by atoms with E-state index < -0.39 is 12.0 Å². The Kier molecular flexibility index (Phi) is 5.19. The lowest BCUT2D eigenvalue weighted by Gasteiger charge is -2.40. The average Bonchev–Trinajstić information content (AvgIpc) is 2.56. The van der Waals surface area contributed by atoms with E-state index in [1.165, 1.54) is 16.7 Å². The van der Waals surface area contributed by atoms with Crippen LogP contribution >= 0.6 is 0 Å². The topological polar surface area (TPSA) is 53.4 Å². The molecule has 0 radical (unpaired) electrons. The van der Waals surface area contributed by atoms with Crippen LogP contribution in [0.2, 0.25) is 0 Å². The highest BCUT2D eigenvalue weighted by molar-refractivity contribution is 5.73. The molecule has 0 saturated carbocycles. The summed E-state index contributed by atoms with van der Waals surface area (Å²) in [4.78, 5) is 18.3. The van der Waals surface area contributed by atoms with Crippen LogP contribution in [-0.4, -0.2) is 33.5 Å². The molecule has 3 rings (SSSR count). The van der Waals surface area contributed by atoms with Gasteiger partial charge in [-0.15, -0.1) is 0 Å². The van der Waals surface area contributed by atoms with Gasteiger partial charge in [0, 0.05) is 12.4 Å². The number of aliphatic carboxylic acids is 1. The molecular formula is C21H26N2O2. The number of nitrogens with zero attached hydrogens (tertiary/aromatic N) is 2. The van der Waals surface area contributed by atoms with Gasteiger partial charge in [0.2, 0.25) is 0 Å². The van der Waals surface area contributed by atoms with Crippen LogP contribution in [0.15, 0.2) is 36.7 Å². The molecule has 132 valence electrons. The smallest absolute Gasteiger partial charge is 0.320 e. The molecule has 2 aromatic rings. The molecule has 1 aliphatic rings. The van der Waals surface area contributed by atoms with Gasteiger partial charge in [-0.25, -0.2) is 0 Å². The van der Waals surface area contributed by atoms with E-state index in [-0.39, 0.29) is 6.04 Å². The predicted octanol–water partition coefficient (Wildman–Crippen LogP) is 4.04. The number of hydrogen-bond acceptors (Lipinski definition) is 3. The van der Waals surface area contributed by atoms with E-state index in [2.05, 4.69) is 48.9 Å². The minimum atomic E-state index is -0.721. The summed E-state index contributed by atoms with van der Waals surface area (Å²) in [6.45, 7) is 7.05. The number of carboxylic acid groups (broad SMARTS) is 1. The highest BCUT2D eigenvalue weighted by atomic mass is 16.4. The molecule has 0 spiro atoms. The lowest BCUT2D eigenvalue weighted by Crippen LogP contribution is -2.47. The Labute approximate surface area is 149 Å². The maximum absolute atomic E-state index is 11.9. The number of piperidine rings is 1. The van der Waals surface area contributed by atoms with Gasteiger partial charge < -0.3 is 5.11 Å². The van der Waals surface area contributed by atoms with E-state index in [1.807, 2.05) is 12.3 Å². The summed E-state index contributed by atoms with van der Waals surface area (Å²) in [6.07, 6.45) is 6.39. The third-order valence-corrected chi connectivity index (χ3v) is 5.08. The molecule has 2 heterocycles. The number of carboxylic acids is 1. The fourth-order valence-electron chi connectivity index (χ4n) is 4.04. The summed E-state index contributed by atoms with van der Waals surface area (Å²) < 4.78 is 0. The van der Waals surface area contributed by atoms with Crippen LogP contribution in [0.1, 0.15) is 53.1 Å². The molecule has 4 nitrogen and oxygen atoms in total. The average molecular weight is 338 g/mol. The summed E-state index contributed by atoms with van der Waals surface area (Å²) in [5.41, 5.74) is 5.82. The second-order valence-corrected chi connectivity index (χ2v) is 7.14. The number of hydrogen-bond donors (Lipinski definition) is 1. The van der Waals surface area contributed by atoms with E-state index in [4.69, 9.17) is 0 Å². The quantitative estimate of drug-likeness (QED) is 0.914. The number of likely N-dealkylation sites (tertiary alicyclic amines) is 1. The zero-order chi connectivity index (χ0) is 18.0. The number of pyridine rings is 1. The molecule has 1 saturated heterocycles. The summed E-state index contributed by atoms with van der Waals surface area (Å²) in [6, 6.07) is 8.07. The van der Waals surface area contributed by atoms with Gasteiger partial charge >= 0.3 is 5.97 Å². The second-order valence-electron chi connectivity index (χ2n) is 7.14. The van der Waals surface area contributed by atoms with Crippen molar-refractivity contribution in [3.63, 3.8) is 0 Å². The lowest BCUT2D eigenvalue weighted by atomic mass is 9.89. The van der Waals surface area contributed by atoms with Crippen LogP contribution in [0.4, 0.5) is 0 Å². The third kappa shape index (κ3) is 3.74. The molecule has 1 aliphatic heterocycles. The zero-order valence-corrected chi connectivity index (χ0v) is 15.2. The second kappa shape index (κ2) is 7.36. The van der Waals surface area contributed by atoms with Crippen molar-refractivity contribution in [3.8, 4) is 0 Å². The SMILES string of the molecule is Cc1cc(C)cc(C(c2ccncc2C)N2CCCCC2C(=O)O)c1. The molecule has 2 atom stereocenters. The Morgan fingerprint density at radius 1 is 1.20 bits per heavy atom. The van der Waals surface area contributed by atoms with Gasteiger partial charge in [0.15, 0.2) is 0 Å². The number of aryl methyl sites for hydroxylation is 3. The van der Waals surface area contributed by atoms with Gasteiger partial charge in [-0.2, -0.15) is 0 Å². The van der Waals surface area contributed by atoms with E-state index in [0.717, 1.165) is 30.5 Å². The van der Waals surface area contributed by atoms with Gasteiger partial charge in [0.05, 0.1) is 6.04 Å². The van der Waals surface area contributed by atoms with Gasteiger partial charge in [0.1, 0.15) is 6.04 Å². The normalized spacial score (nSPS) is 19.6. The Bertz CT molecular complexity index is 752. The molecule has 1 aromatic carbocycles. The Balaban J connectivity index is 2.14. The number of aromatic nitrogens is 1. The first-order chi connectivity index (χ1) is 12.0. The third-order valence-electron chi connectivity index (χ3n) is 5.08. The molecule has 4 heteroatoms. The van der Waals surface area contributed by atoms with Crippen molar-refractivity contribution < 1.29 is 9.90 Å². The first-order valence-electron chi connectivity index (χ1n) is 8.94. The number of benzene rings is 1. The minimum absolute atomic E-state index is 0.0528. The van der Waals surface area contributed by atoms with Crippen molar-refractivity contribution in [1.82, 2.24) is 9.88 Å². The first-order valence-corrected chi connectivity index (χ1v) is 8.94. The van der Waals surface area contributed by atoms with Crippen molar-refractivity contribution in [2.75, 3.05) is 6.54 Å². The summed E-state index contributed by atoms with van der Waals surface area (Å²) in [5.74, 6) is -0.721. The van der Waals surface area contributed by atoms with Crippen LogP contribution in [0.25, 0.3) is 0 Å². The molecule has 1 N–H and O–H groups in total. The maximum Gasteiger partial charge on any atom is 0.320 e. The Hall–Kier alpha value is -2.20. The van der Waals surface area contributed by atoms with Crippen LogP contribution < -0.4 is 0 Å². The van der Waals surface area contributed by atoms with Crippen LogP contribution in [-0.2, 0) is 4.79 Å². The fourth-order valence-corrected chi connectivity index (χ4v) is 4.04. The molecule has 0 bridgehead atoms. The molecular weight excluding hydrogens is 312 g/mol. The number of carbonyl (C=O) groups is 1. The molecule has 0 amide bonds. The van der Waals surface area contributed by atoms with Gasteiger partial charge in [0.25, 0.3) is 0 Å². The first kappa shape index (κ1) is 17.6. The van der Waals surface area contributed by atoms with Crippen LogP contribution in [0, 0.1) is 20.8 Å².